The molecule has 1 atom stereocenters. The molecule has 0 radical (unpaired) electrons. The van der Waals surface area contributed by atoms with Crippen molar-refractivity contribution in [3.8, 4) is 11.5 Å². The average molecular weight is 256 g/mol. The third-order valence-corrected chi connectivity index (χ3v) is 4.12. The quantitative estimate of drug-likeness (QED) is 0.873. The first-order valence-corrected chi connectivity index (χ1v) is 6.14. The fourth-order valence-electron chi connectivity index (χ4n) is 2.61. The summed E-state index contributed by atoms with van der Waals surface area (Å²) in [6.45, 7) is 3.95. The lowest BCUT2D eigenvalue weighted by Crippen LogP contribution is -2.32. The molecule has 2 rings (SSSR count). The maximum atomic E-state index is 9.78. The Bertz CT molecular complexity index is 453. The highest BCUT2D eigenvalue weighted by molar-refractivity contribution is 6.33. The van der Waals surface area contributed by atoms with Crippen LogP contribution in [0.5, 0.6) is 11.5 Å². The summed E-state index contributed by atoms with van der Waals surface area (Å²) in [6.07, 6.45) is 2.08. The van der Waals surface area contributed by atoms with Crippen molar-refractivity contribution >= 4 is 11.6 Å². The monoisotopic (exact) mass is 255 g/mol. The van der Waals surface area contributed by atoms with Gasteiger partial charge in [0.15, 0.2) is 11.5 Å². The lowest BCUT2D eigenvalue weighted by Gasteiger charge is -2.25. The van der Waals surface area contributed by atoms with Crippen LogP contribution >= 0.6 is 11.6 Å². The number of hydrogen-bond acceptors (Lipinski definition) is 3. The Balaban J connectivity index is 2.62. The number of rotatable bonds is 3. The number of nitrogens with two attached hydrogens (primary N) is 1. The minimum atomic E-state index is -0.0395. The van der Waals surface area contributed by atoms with Crippen molar-refractivity contribution in [1.82, 2.24) is 0 Å². The molecule has 0 heterocycles. The van der Waals surface area contributed by atoms with Gasteiger partial charge in [-0.2, -0.15) is 0 Å². The number of ether oxygens (including phenoxy) is 1. The number of halogens is 1. The van der Waals surface area contributed by atoms with Gasteiger partial charge in [0.05, 0.1) is 12.1 Å². The fourth-order valence-corrected chi connectivity index (χ4v) is 3.13. The molecule has 4 heteroatoms. The van der Waals surface area contributed by atoms with Crippen molar-refractivity contribution in [3.05, 3.63) is 22.2 Å². The SMILES string of the molecule is COc1c(O)cc(C)c(C2(C(C)N)CC2)c1Cl. The predicted molar refractivity (Wildman–Crippen MR) is 69.0 cm³/mol. The molecule has 1 aromatic rings. The molecule has 1 unspecified atom stereocenters. The summed E-state index contributed by atoms with van der Waals surface area (Å²) >= 11 is 6.35. The Kier molecular flexibility index (Phi) is 3.00. The van der Waals surface area contributed by atoms with Crippen LogP contribution in [0.2, 0.25) is 5.02 Å². The molecule has 0 spiro atoms. The van der Waals surface area contributed by atoms with Crippen LogP contribution in [0.15, 0.2) is 6.07 Å². The first-order chi connectivity index (χ1) is 7.94. The third-order valence-electron chi connectivity index (χ3n) is 3.76. The summed E-state index contributed by atoms with van der Waals surface area (Å²) in [7, 11) is 1.51. The van der Waals surface area contributed by atoms with Gasteiger partial charge in [-0.15, -0.1) is 0 Å². The van der Waals surface area contributed by atoms with Crippen LogP contribution in [0, 0.1) is 6.92 Å². The predicted octanol–water partition coefficient (Wildman–Crippen LogP) is 2.74. The van der Waals surface area contributed by atoms with Crippen molar-refractivity contribution in [1.29, 1.82) is 0 Å². The molecule has 0 bridgehead atoms. The lowest BCUT2D eigenvalue weighted by molar-refractivity contribution is 0.371. The molecule has 0 saturated heterocycles. The molecule has 1 aliphatic rings. The standard InChI is InChI=1S/C13H18ClNO2/c1-7-6-9(16)12(17-3)11(14)10(7)13(4-5-13)8(2)15/h6,8,16H,4-5,15H2,1-3H3. The number of benzene rings is 1. The summed E-state index contributed by atoms with van der Waals surface area (Å²) in [6, 6.07) is 1.75. The van der Waals surface area contributed by atoms with Crippen molar-refractivity contribution in [2.45, 2.75) is 38.1 Å². The summed E-state index contributed by atoms with van der Waals surface area (Å²) in [5, 5.41) is 10.3. The van der Waals surface area contributed by atoms with Gasteiger partial charge in [0.2, 0.25) is 0 Å². The minimum Gasteiger partial charge on any atom is -0.504 e. The second-order valence-electron chi connectivity index (χ2n) is 4.88. The van der Waals surface area contributed by atoms with Gasteiger partial charge in [-0.25, -0.2) is 0 Å². The van der Waals surface area contributed by atoms with Crippen LogP contribution in [0.3, 0.4) is 0 Å². The summed E-state index contributed by atoms with van der Waals surface area (Å²) in [4.78, 5) is 0. The topological polar surface area (TPSA) is 55.5 Å². The number of phenolic OH excluding ortho intramolecular Hbond substituents is 1. The fraction of sp³-hybridized carbons (Fsp3) is 0.538. The van der Waals surface area contributed by atoms with Crippen LogP contribution in [0.1, 0.15) is 30.9 Å². The van der Waals surface area contributed by atoms with Crippen LogP contribution in [0.4, 0.5) is 0 Å². The van der Waals surface area contributed by atoms with Crippen molar-refractivity contribution in [2.24, 2.45) is 5.73 Å². The molecule has 1 saturated carbocycles. The van der Waals surface area contributed by atoms with E-state index >= 15 is 0 Å². The van der Waals surface area contributed by atoms with E-state index in [2.05, 4.69) is 0 Å². The zero-order chi connectivity index (χ0) is 12.8. The van der Waals surface area contributed by atoms with Gasteiger partial charge in [0.1, 0.15) is 0 Å². The van der Waals surface area contributed by atoms with Crippen molar-refractivity contribution in [2.75, 3.05) is 7.11 Å². The Labute approximate surface area is 107 Å². The molecule has 17 heavy (non-hydrogen) atoms. The van der Waals surface area contributed by atoms with E-state index in [1.54, 1.807) is 6.07 Å². The number of aryl methyl sites for hydroxylation is 1. The molecule has 0 aliphatic heterocycles. The molecule has 0 amide bonds. The molecule has 1 fully saturated rings. The lowest BCUT2D eigenvalue weighted by atomic mass is 9.86. The number of hydrogen-bond donors (Lipinski definition) is 2. The zero-order valence-corrected chi connectivity index (χ0v) is 11.1. The van der Waals surface area contributed by atoms with Crippen molar-refractivity contribution in [3.63, 3.8) is 0 Å². The van der Waals surface area contributed by atoms with E-state index < -0.39 is 0 Å². The Morgan fingerprint density at radius 2 is 2.12 bits per heavy atom. The normalized spacial score (nSPS) is 18.9. The van der Waals surface area contributed by atoms with Crippen molar-refractivity contribution < 1.29 is 9.84 Å². The summed E-state index contributed by atoms with van der Waals surface area (Å²) in [5.74, 6) is 0.429. The first kappa shape index (κ1) is 12.5. The van der Waals surface area contributed by atoms with E-state index in [1.165, 1.54) is 7.11 Å². The Morgan fingerprint density at radius 3 is 2.53 bits per heavy atom. The van der Waals surface area contributed by atoms with E-state index in [4.69, 9.17) is 22.1 Å². The highest BCUT2D eigenvalue weighted by Gasteiger charge is 2.50. The van der Waals surface area contributed by atoms with Crippen LogP contribution in [0.25, 0.3) is 0 Å². The first-order valence-electron chi connectivity index (χ1n) is 5.76. The molecule has 1 aromatic carbocycles. The van der Waals surface area contributed by atoms with Gasteiger partial charge < -0.3 is 15.6 Å². The van der Waals surface area contributed by atoms with Gasteiger partial charge in [0.25, 0.3) is 0 Å². The van der Waals surface area contributed by atoms with Crippen LogP contribution in [-0.2, 0) is 5.41 Å². The van der Waals surface area contributed by atoms with Gasteiger partial charge in [0, 0.05) is 11.5 Å². The van der Waals surface area contributed by atoms with Crippen LogP contribution in [-0.4, -0.2) is 18.3 Å². The van der Waals surface area contributed by atoms with E-state index in [0.29, 0.717) is 10.8 Å². The average Bonchev–Trinajstić information content (AvgIpc) is 2.98. The second-order valence-corrected chi connectivity index (χ2v) is 5.26. The molecular weight excluding hydrogens is 238 g/mol. The minimum absolute atomic E-state index is 0.0395. The number of aromatic hydroxyl groups is 1. The van der Waals surface area contributed by atoms with E-state index in [-0.39, 0.29) is 17.2 Å². The second kappa shape index (κ2) is 4.07. The zero-order valence-electron chi connectivity index (χ0n) is 10.4. The van der Waals surface area contributed by atoms with E-state index in [9.17, 15) is 5.11 Å². The smallest absolute Gasteiger partial charge is 0.179 e. The third kappa shape index (κ3) is 1.78. The highest BCUT2D eigenvalue weighted by atomic mass is 35.5. The number of phenols is 1. The Morgan fingerprint density at radius 1 is 1.53 bits per heavy atom. The van der Waals surface area contributed by atoms with Gasteiger partial charge in [-0.05, 0) is 43.9 Å². The van der Waals surface area contributed by atoms with E-state index in [0.717, 1.165) is 24.0 Å². The molecule has 1 aliphatic carbocycles. The Hall–Kier alpha value is -0.930. The van der Waals surface area contributed by atoms with Crippen LogP contribution < -0.4 is 10.5 Å². The molecule has 94 valence electrons. The van der Waals surface area contributed by atoms with E-state index in [1.807, 2.05) is 13.8 Å². The molecule has 0 aromatic heterocycles. The number of methoxy groups -OCH3 is 1. The molecule has 3 nitrogen and oxygen atoms in total. The molecular formula is C13H18ClNO2. The van der Waals surface area contributed by atoms with Gasteiger partial charge in [-0.3, -0.25) is 0 Å². The highest BCUT2D eigenvalue weighted by Crippen LogP contribution is 2.56. The molecule has 3 N–H and O–H groups in total. The van der Waals surface area contributed by atoms with Gasteiger partial charge in [-0.1, -0.05) is 11.6 Å². The summed E-state index contributed by atoms with van der Waals surface area (Å²) < 4.78 is 5.15. The van der Waals surface area contributed by atoms with Gasteiger partial charge >= 0.3 is 0 Å². The maximum Gasteiger partial charge on any atom is 0.179 e. The largest absolute Gasteiger partial charge is 0.504 e. The summed E-state index contributed by atoms with van der Waals surface area (Å²) in [5.41, 5.74) is 8.04. The maximum absolute atomic E-state index is 9.78.